The van der Waals surface area contributed by atoms with Crippen LogP contribution in [-0.4, -0.2) is 28.6 Å². The fraction of sp³-hybridized carbons (Fsp3) is 0.118. The van der Waals surface area contributed by atoms with Crippen LogP contribution in [0.3, 0.4) is 0 Å². The summed E-state index contributed by atoms with van der Waals surface area (Å²) < 4.78 is 7.99. The summed E-state index contributed by atoms with van der Waals surface area (Å²) in [5.41, 5.74) is 1.40. The number of nitrogens with one attached hydrogen (secondary N) is 1. The molecular weight excluding hydrogens is 445 g/mol. The molecular formula is C17H13Cl2N3O2S3. The number of anilines is 1. The van der Waals surface area contributed by atoms with Gasteiger partial charge in [-0.2, -0.15) is 0 Å². The molecule has 10 heteroatoms. The van der Waals surface area contributed by atoms with Crippen LogP contribution in [0.2, 0.25) is 10.0 Å². The molecule has 0 atom stereocenters. The number of rotatable bonds is 6. The molecule has 3 aromatic rings. The molecule has 140 valence electrons. The number of ether oxygens (including phenoxy) is 1. The van der Waals surface area contributed by atoms with Crippen LogP contribution in [0.25, 0.3) is 5.69 Å². The summed E-state index contributed by atoms with van der Waals surface area (Å²) in [5, 5.41) is 8.17. The summed E-state index contributed by atoms with van der Waals surface area (Å²) in [4.78, 5) is 12.2. The summed E-state index contributed by atoms with van der Waals surface area (Å²) in [5.74, 6) is 0.746. The maximum absolute atomic E-state index is 12.2. The van der Waals surface area contributed by atoms with E-state index in [1.807, 2.05) is 12.1 Å². The Hall–Kier alpha value is -1.58. The fourth-order valence-corrected chi connectivity index (χ4v) is 4.58. The number of amides is 1. The summed E-state index contributed by atoms with van der Waals surface area (Å²) in [7, 11) is 1.58. The largest absolute Gasteiger partial charge is 0.497 e. The predicted molar refractivity (Wildman–Crippen MR) is 115 cm³/mol. The van der Waals surface area contributed by atoms with E-state index in [0.29, 0.717) is 29.8 Å². The van der Waals surface area contributed by atoms with Crippen molar-refractivity contribution in [1.29, 1.82) is 0 Å². The van der Waals surface area contributed by atoms with E-state index < -0.39 is 0 Å². The van der Waals surface area contributed by atoms with E-state index in [4.69, 9.17) is 40.2 Å². The molecule has 0 fully saturated rings. The van der Waals surface area contributed by atoms with Crippen molar-refractivity contribution < 1.29 is 9.53 Å². The number of carbonyl (C=O) groups is 1. The van der Waals surface area contributed by atoms with Gasteiger partial charge in [0.1, 0.15) is 5.75 Å². The van der Waals surface area contributed by atoms with Crippen LogP contribution < -0.4 is 10.1 Å². The highest BCUT2D eigenvalue weighted by molar-refractivity contribution is 8.01. The predicted octanol–water partition coefficient (Wildman–Crippen LogP) is 5.71. The molecule has 0 aliphatic rings. The smallest absolute Gasteiger partial charge is 0.234 e. The zero-order valence-corrected chi connectivity index (χ0v) is 17.9. The van der Waals surface area contributed by atoms with E-state index in [2.05, 4.69) is 10.4 Å². The minimum absolute atomic E-state index is 0.143. The van der Waals surface area contributed by atoms with Gasteiger partial charge >= 0.3 is 0 Å². The highest BCUT2D eigenvalue weighted by Gasteiger charge is 2.11. The van der Waals surface area contributed by atoms with Gasteiger partial charge in [-0.1, -0.05) is 52.4 Å². The van der Waals surface area contributed by atoms with Gasteiger partial charge in [-0.15, -0.1) is 5.10 Å². The Morgan fingerprint density at radius 2 is 2.11 bits per heavy atom. The van der Waals surface area contributed by atoms with Crippen LogP contribution >= 0.6 is 58.5 Å². The monoisotopic (exact) mass is 457 g/mol. The average molecular weight is 458 g/mol. The molecule has 1 amide bonds. The highest BCUT2D eigenvalue weighted by Crippen LogP contribution is 2.28. The second kappa shape index (κ2) is 9.07. The molecule has 0 bridgehead atoms. The van der Waals surface area contributed by atoms with Crippen molar-refractivity contribution in [3.8, 4) is 11.4 Å². The SMILES string of the molecule is COc1cccc(NC(=O)CSc2nn(-c3ccc(Cl)c(Cl)c3)c(=S)s2)c1. The van der Waals surface area contributed by atoms with Crippen molar-refractivity contribution in [2.24, 2.45) is 0 Å². The number of thioether (sulfide) groups is 1. The second-order valence-electron chi connectivity index (χ2n) is 5.21. The van der Waals surface area contributed by atoms with Crippen molar-refractivity contribution in [3.05, 3.63) is 56.5 Å². The zero-order chi connectivity index (χ0) is 19.4. The molecule has 27 heavy (non-hydrogen) atoms. The lowest BCUT2D eigenvalue weighted by atomic mass is 10.3. The van der Waals surface area contributed by atoms with Crippen LogP contribution in [0.4, 0.5) is 5.69 Å². The Balaban J connectivity index is 1.65. The Morgan fingerprint density at radius 3 is 2.85 bits per heavy atom. The normalized spacial score (nSPS) is 10.6. The van der Waals surface area contributed by atoms with Gasteiger partial charge in [0.2, 0.25) is 5.91 Å². The van der Waals surface area contributed by atoms with Crippen LogP contribution in [0, 0.1) is 3.95 Å². The molecule has 5 nitrogen and oxygen atoms in total. The lowest BCUT2D eigenvalue weighted by molar-refractivity contribution is -0.113. The Morgan fingerprint density at radius 1 is 1.30 bits per heavy atom. The quantitative estimate of drug-likeness (QED) is 0.379. The van der Waals surface area contributed by atoms with Gasteiger partial charge in [0.15, 0.2) is 8.29 Å². The van der Waals surface area contributed by atoms with Crippen molar-refractivity contribution in [3.63, 3.8) is 0 Å². The minimum Gasteiger partial charge on any atom is -0.497 e. The first-order chi connectivity index (χ1) is 13.0. The molecule has 0 radical (unpaired) electrons. The first-order valence-corrected chi connectivity index (χ1v) is 10.5. The molecule has 0 aliphatic carbocycles. The fourth-order valence-electron chi connectivity index (χ4n) is 2.12. The van der Waals surface area contributed by atoms with Gasteiger partial charge in [0, 0.05) is 11.8 Å². The van der Waals surface area contributed by atoms with Gasteiger partial charge in [-0.3, -0.25) is 4.79 Å². The van der Waals surface area contributed by atoms with Gasteiger partial charge in [-0.05, 0) is 42.5 Å². The number of nitrogens with zero attached hydrogens (tertiary/aromatic N) is 2. The number of methoxy groups -OCH3 is 1. The first kappa shape index (κ1) is 20.2. The van der Waals surface area contributed by atoms with Crippen LogP contribution in [-0.2, 0) is 4.79 Å². The van der Waals surface area contributed by atoms with Crippen molar-refractivity contribution in [2.75, 3.05) is 18.2 Å². The van der Waals surface area contributed by atoms with Crippen LogP contribution in [0.15, 0.2) is 46.8 Å². The number of hydrogen-bond donors (Lipinski definition) is 1. The summed E-state index contributed by atoms with van der Waals surface area (Å²) in [6.45, 7) is 0. The van der Waals surface area contributed by atoms with Gasteiger partial charge in [-0.25, -0.2) is 4.68 Å². The third kappa shape index (κ3) is 5.24. The maximum atomic E-state index is 12.2. The Kier molecular flexibility index (Phi) is 6.78. The van der Waals surface area contributed by atoms with E-state index in [-0.39, 0.29) is 11.7 Å². The van der Waals surface area contributed by atoms with Gasteiger partial charge in [0.25, 0.3) is 0 Å². The molecule has 0 aliphatic heterocycles. The first-order valence-electron chi connectivity index (χ1n) is 7.58. The highest BCUT2D eigenvalue weighted by atomic mass is 35.5. The van der Waals surface area contributed by atoms with Crippen molar-refractivity contribution in [2.45, 2.75) is 4.34 Å². The van der Waals surface area contributed by atoms with E-state index in [1.165, 1.54) is 23.1 Å². The Labute approximate surface area is 179 Å². The molecule has 1 aromatic heterocycles. The molecule has 0 saturated carbocycles. The number of halogens is 2. The Bertz CT molecular complexity index is 1040. The molecule has 2 aromatic carbocycles. The maximum Gasteiger partial charge on any atom is 0.234 e. The molecule has 3 rings (SSSR count). The standard InChI is InChI=1S/C17H13Cl2N3O2S3/c1-24-12-4-2-3-10(7-12)20-15(23)9-26-16-21-22(17(25)27-16)11-5-6-13(18)14(19)8-11/h2-8H,9H2,1H3,(H,20,23). The summed E-state index contributed by atoms with van der Waals surface area (Å²) in [6, 6.07) is 12.4. The molecule has 0 saturated heterocycles. The third-order valence-electron chi connectivity index (χ3n) is 3.36. The van der Waals surface area contributed by atoms with Crippen LogP contribution in [0.5, 0.6) is 5.75 Å². The van der Waals surface area contributed by atoms with E-state index >= 15 is 0 Å². The van der Waals surface area contributed by atoms with Gasteiger partial charge in [0.05, 0.1) is 28.6 Å². The minimum atomic E-state index is -0.143. The molecule has 0 spiro atoms. The number of benzene rings is 2. The van der Waals surface area contributed by atoms with E-state index in [1.54, 1.807) is 42.1 Å². The lowest BCUT2D eigenvalue weighted by Gasteiger charge is -2.06. The van der Waals surface area contributed by atoms with Crippen molar-refractivity contribution >= 4 is 70.1 Å². The van der Waals surface area contributed by atoms with E-state index in [9.17, 15) is 4.79 Å². The molecule has 1 heterocycles. The summed E-state index contributed by atoms with van der Waals surface area (Å²) in [6.07, 6.45) is 0. The van der Waals surface area contributed by atoms with Crippen molar-refractivity contribution in [1.82, 2.24) is 9.78 Å². The lowest BCUT2D eigenvalue weighted by Crippen LogP contribution is -2.14. The number of aromatic nitrogens is 2. The molecule has 1 N–H and O–H groups in total. The number of carbonyl (C=O) groups excluding carboxylic acids is 1. The number of hydrogen-bond acceptors (Lipinski definition) is 6. The van der Waals surface area contributed by atoms with Gasteiger partial charge < -0.3 is 10.1 Å². The average Bonchev–Trinajstić information content (AvgIpc) is 3.03. The zero-order valence-electron chi connectivity index (χ0n) is 13.9. The topological polar surface area (TPSA) is 56.1 Å². The second-order valence-corrected chi connectivity index (χ2v) is 8.87. The van der Waals surface area contributed by atoms with Crippen LogP contribution in [0.1, 0.15) is 0 Å². The third-order valence-corrected chi connectivity index (χ3v) is 6.46. The van der Waals surface area contributed by atoms with E-state index in [0.717, 1.165) is 5.69 Å². The summed E-state index contributed by atoms with van der Waals surface area (Å²) >= 11 is 20.0. The molecule has 0 unspecified atom stereocenters.